The first-order chi connectivity index (χ1) is 7.19. The Morgan fingerprint density at radius 3 is 2.80 bits per heavy atom. The van der Waals surface area contributed by atoms with Crippen LogP contribution in [-0.4, -0.2) is 18.4 Å². The fourth-order valence-corrected chi connectivity index (χ4v) is 1.93. The fraction of sp³-hybridized carbons (Fsp3) is 0.182. The highest BCUT2D eigenvalue weighted by Crippen LogP contribution is 2.33. The zero-order valence-corrected chi connectivity index (χ0v) is 9.18. The highest BCUT2D eigenvalue weighted by Gasteiger charge is 2.15. The first kappa shape index (κ1) is 10.1. The Hall–Kier alpha value is -1.48. The molecule has 0 amide bonds. The van der Waals surface area contributed by atoms with Gasteiger partial charge in [-0.3, -0.25) is 4.79 Å². The van der Waals surface area contributed by atoms with Gasteiger partial charge in [0, 0.05) is 5.39 Å². The summed E-state index contributed by atoms with van der Waals surface area (Å²) in [6.07, 6.45) is 0.753. The molecule has 78 valence electrons. The van der Waals surface area contributed by atoms with E-state index < -0.39 is 0 Å². The minimum atomic E-state index is 0.455. The molecule has 0 spiro atoms. The first-order valence-electron chi connectivity index (χ1n) is 4.49. The highest BCUT2D eigenvalue weighted by atomic mass is 35.5. The van der Waals surface area contributed by atoms with E-state index in [1.54, 1.807) is 6.07 Å². The van der Waals surface area contributed by atoms with Gasteiger partial charge in [0.25, 0.3) is 0 Å². The number of hydrogen-bond acceptors (Lipinski definition) is 2. The molecule has 0 bridgehead atoms. The van der Waals surface area contributed by atoms with Crippen molar-refractivity contribution in [2.75, 3.05) is 7.11 Å². The predicted molar refractivity (Wildman–Crippen MR) is 60.0 cm³/mol. The number of halogens is 1. The van der Waals surface area contributed by atoms with Gasteiger partial charge in [0.2, 0.25) is 5.88 Å². The Kier molecular flexibility index (Phi) is 2.40. The number of methoxy groups -OCH3 is 1. The summed E-state index contributed by atoms with van der Waals surface area (Å²) in [5.41, 5.74) is 2.35. The number of carbonyl (C=O) groups excluding carboxylic acids is 1. The average molecular weight is 224 g/mol. The number of aromatic amines is 1. The summed E-state index contributed by atoms with van der Waals surface area (Å²) >= 11 is 6.05. The number of nitrogens with one attached hydrogen (secondary N) is 1. The third kappa shape index (κ3) is 1.39. The Morgan fingerprint density at radius 1 is 1.47 bits per heavy atom. The van der Waals surface area contributed by atoms with Crippen LogP contribution in [0.15, 0.2) is 12.1 Å². The van der Waals surface area contributed by atoms with E-state index in [0.717, 1.165) is 22.8 Å². The molecule has 3 nitrogen and oxygen atoms in total. The molecule has 0 aliphatic rings. The number of hydrogen-bond donors (Lipinski definition) is 1. The van der Waals surface area contributed by atoms with Crippen molar-refractivity contribution in [1.82, 2.24) is 4.98 Å². The molecule has 15 heavy (non-hydrogen) atoms. The van der Waals surface area contributed by atoms with Crippen LogP contribution in [0.25, 0.3) is 10.9 Å². The molecule has 1 aromatic carbocycles. The summed E-state index contributed by atoms with van der Waals surface area (Å²) in [4.78, 5) is 14.0. The van der Waals surface area contributed by atoms with Crippen molar-refractivity contribution in [2.45, 2.75) is 6.92 Å². The van der Waals surface area contributed by atoms with Crippen LogP contribution in [0, 0.1) is 6.92 Å². The topological polar surface area (TPSA) is 42.1 Å². The van der Waals surface area contributed by atoms with E-state index in [0.29, 0.717) is 16.5 Å². The molecule has 1 heterocycles. The minimum absolute atomic E-state index is 0.455. The van der Waals surface area contributed by atoms with E-state index in [2.05, 4.69) is 4.98 Å². The van der Waals surface area contributed by atoms with Gasteiger partial charge in [-0.1, -0.05) is 17.7 Å². The molecule has 1 aromatic heterocycles. The van der Waals surface area contributed by atoms with E-state index in [1.807, 2.05) is 13.0 Å². The summed E-state index contributed by atoms with van der Waals surface area (Å²) in [6.45, 7) is 1.95. The van der Waals surface area contributed by atoms with E-state index in [1.165, 1.54) is 7.11 Å². The Bertz CT molecular complexity index is 531. The molecule has 1 N–H and O–H groups in total. The molecule has 0 saturated heterocycles. The number of rotatable bonds is 2. The summed E-state index contributed by atoms with van der Waals surface area (Å²) in [5.74, 6) is 0.455. The van der Waals surface area contributed by atoms with Gasteiger partial charge in [-0.05, 0) is 18.6 Å². The summed E-state index contributed by atoms with van der Waals surface area (Å²) < 4.78 is 5.09. The molecule has 0 unspecified atom stereocenters. The predicted octanol–water partition coefficient (Wildman–Crippen LogP) is 2.95. The molecule has 0 fully saturated rings. The van der Waals surface area contributed by atoms with Crippen LogP contribution >= 0.6 is 11.6 Å². The standard InChI is InChI=1S/C11H10ClNO2/c1-6-3-4-8(12)9-7(5-14)11(15-2)13-10(6)9/h3-5,13H,1-2H3. The SMILES string of the molecule is COc1[nH]c2c(C)ccc(Cl)c2c1C=O. The number of aromatic nitrogens is 1. The Labute approximate surface area is 92.0 Å². The molecule has 0 radical (unpaired) electrons. The molecule has 0 aliphatic heterocycles. The third-order valence-electron chi connectivity index (χ3n) is 2.44. The second-order valence-corrected chi connectivity index (χ2v) is 3.71. The van der Waals surface area contributed by atoms with Crippen LogP contribution in [0.1, 0.15) is 15.9 Å². The lowest BCUT2D eigenvalue weighted by Gasteiger charge is -1.97. The van der Waals surface area contributed by atoms with Gasteiger partial charge in [0.1, 0.15) is 0 Å². The largest absolute Gasteiger partial charge is 0.482 e. The van der Waals surface area contributed by atoms with Gasteiger partial charge in [0.05, 0.1) is 23.2 Å². The average Bonchev–Trinajstić information content (AvgIpc) is 2.63. The van der Waals surface area contributed by atoms with Crippen LogP contribution in [0.3, 0.4) is 0 Å². The van der Waals surface area contributed by atoms with Crippen LogP contribution in [0.2, 0.25) is 5.02 Å². The molecule has 4 heteroatoms. The minimum Gasteiger partial charge on any atom is -0.482 e. The van der Waals surface area contributed by atoms with Crippen LogP contribution in [0.4, 0.5) is 0 Å². The molecule has 0 atom stereocenters. The lowest BCUT2D eigenvalue weighted by atomic mass is 10.1. The summed E-state index contributed by atoms with van der Waals surface area (Å²) in [6, 6.07) is 3.68. The number of aryl methyl sites for hydroxylation is 1. The van der Waals surface area contributed by atoms with E-state index in [4.69, 9.17) is 16.3 Å². The van der Waals surface area contributed by atoms with Crippen molar-refractivity contribution in [2.24, 2.45) is 0 Å². The Balaban J connectivity index is 2.94. The number of ether oxygens (including phenoxy) is 1. The van der Waals surface area contributed by atoms with E-state index in [-0.39, 0.29) is 0 Å². The van der Waals surface area contributed by atoms with Gasteiger partial charge in [-0.15, -0.1) is 0 Å². The zero-order chi connectivity index (χ0) is 11.0. The van der Waals surface area contributed by atoms with Crippen molar-refractivity contribution in [3.8, 4) is 5.88 Å². The lowest BCUT2D eigenvalue weighted by Crippen LogP contribution is -1.86. The maximum atomic E-state index is 11.0. The number of benzene rings is 1. The molecule has 0 aliphatic carbocycles. The highest BCUT2D eigenvalue weighted by molar-refractivity contribution is 6.36. The van der Waals surface area contributed by atoms with Gasteiger partial charge in [-0.25, -0.2) is 0 Å². The molecule has 0 saturated carbocycles. The number of aldehydes is 1. The molecular formula is C11H10ClNO2. The second-order valence-electron chi connectivity index (χ2n) is 3.30. The smallest absolute Gasteiger partial charge is 0.202 e. The molecule has 2 rings (SSSR count). The van der Waals surface area contributed by atoms with E-state index >= 15 is 0 Å². The van der Waals surface area contributed by atoms with Gasteiger partial charge in [-0.2, -0.15) is 0 Å². The van der Waals surface area contributed by atoms with Gasteiger partial charge in [0.15, 0.2) is 6.29 Å². The van der Waals surface area contributed by atoms with Crippen molar-refractivity contribution < 1.29 is 9.53 Å². The summed E-state index contributed by atoms with van der Waals surface area (Å²) in [7, 11) is 1.51. The van der Waals surface area contributed by atoms with Crippen LogP contribution in [0.5, 0.6) is 5.88 Å². The number of carbonyl (C=O) groups is 1. The molecule has 2 aromatic rings. The maximum Gasteiger partial charge on any atom is 0.202 e. The fourth-order valence-electron chi connectivity index (χ4n) is 1.67. The third-order valence-corrected chi connectivity index (χ3v) is 2.75. The van der Waals surface area contributed by atoms with Crippen molar-refractivity contribution in [3.63, 3.8) is 0 Å². The first-order valence-corrected chi connectivity index (χ1v) is 4.86. The number of H-pyrrole nitrogens is 1. The monoisotopic (exact) mass is 223 g/mol. The normalized spacial score (nSPS) is 10.6. The quantitative estimate of drug-likeness (QED) is 0.796. The maximum absolute atomic E-state index is 11.0. The van der Waals surface area contributed by atoms with E-state index in [9.17, 15) is 4.79 Å². The lowest BCUT2D eigenvalue weighted by molar-refractivity contribution is 0.112. The summed E-state index contributed by atoms with van der Waals surface area (Å²) in [5, 5.41) is 1.28. The second kappa shape index (κ2) is 3.59. The van der Waals surface area contributed by atoms with Crippen molar-refractivity contribution in [1.29, 1.82) is 0 Å². The van der Waals surface area contributed by atoms with Gasteiger partial charge >= 0.3 is 0 Å². The van der Waals surface area contributed by atoms with Crippen LogP contribution < -0.4 is 4.74 Å². The molecular weight excluding hydrogens is 214 g/mol. The zero-order valence-electron chi connectivity index (χ0n) is 8.43. The van der Waals surface area contributed by atoms with Gasteiger partial charge < -0.3 is 9.72 Å². The van der Waals surface area contributed by atoms with Crippen LogP contribution in [-0.2, 0) is 0 Å². The van der Waals surface area contributed by atoms with Crippen molar-refractivity contribution in [3.05, 3.63) is 28.3 Å². The number of fused-ring (bicyclic) bond motifs is 1. The van der Waals surface area contributed by atoms with Crippen molar-refractivity contribution >= 4 is 28.8 Å². The Morgan fingerprint density at radius 2 is 2.20 bits per heavy atom.